The molecule has 0 bridgehead atoms. The van der Waals surface area contributed by atoms with Crippen molar-refractivity contribution in [2.45, 2.75) is 19.3 Å². The minimum Gasteiger partial charge on any atom is -0.367 e. The first-order valence-corrected chi connectivity index (χ1v) is 7.57. The molecule has 0 saturated heterocycles. The number of nitrogens with one attached hydrogen (secondary N) is 1. The van der Waals surface area contributed by atoms with Crippen LogP contribution in [0.25, 0.3) is 11.3 Å². The Balaban J connectivity index is 1.85. The number of aryl methyl sites for hydroxylation is 2. The molecule has 1 aromatic carbocycles. The minimum atomic E-state index is 0.884. The largest absolute Gasteiger partial charge is 0.367 e. The van der Waals surface area contributed by atoms with E-state index in [1.54, 1.807) is 0 Å². The van der Waals surface area contributed by atoms with Gasteiger partial charge in [0.1, 0.15) is 5.82 Å². The lowest BCUT2D eigenvalue weighted by atomic mass is 10.0. The Morgan fingerprint density at radius 2 is 1.90 bits per heavy atom. The Morgan fingerprint density at radius 1 is 1.10 bits per heavy atom. The maximum absolute atomic E-state index is 4.49. The second kappa shape index (κ2) is 6.22. The highest BCUT2D eigenvalue weighted by molar-refractivity contribution is 5.68. The molecule has 0 atom stereocenters. The van der Waals surface area contributed by atoms with Crippen molar-refractivity contribution in [1.82, 2.24) is 15.1 Å². The third-order valence-corrected chi connectivity index (χ3v) is 3.90. The van der Waals surface area contributed by atoms with E-state index in [4.69, 9.17) is 0 Å². The molecule has 0 aliphatic heterocycles. The Morgan fingerprint density at radius 3 is 2.76 bits per heavy atom. The molecular formula is C17H22N4. The summed E-state index contributed by atoms with van der Waals surface area (Å²) in [6.45, 7) is 1.87. The third kappa shape index (κ3) is 3.22. The minimum absolute atomic E-state index is 0.884. The van der Waals surface area contributed by atoms with Gasteiger partial charge in [-0.1, -0.05) is 24.3 Å². The van der Waals surface area contributed by atoms with Crippen molar-refractivity contribution < 1.29 is 0 Å². The van der Waals surface area contributed by atoms with Crippen LogP contribution in [0.5, 0.6) is 0 Å². The van der Waals surface area contributed by atoms with E-state index in [9.17, 15) is 0 Å². The molecule has 0 saturated carbocycles. The first-order valence-electron chi connectivity index (χ1n) is 7.57. The van der Waals surface area contributed by atoms with Gasteiger partial charge in [-0.05, 0) is 50.6 Å². The highest BCUT2D eigenvalue weighted by Gasteiger charge is 2.16. The summed E-state index contributed by atoms with van der Waals surface area (Å²) in [5.74, 6) is 0.884. The zero-order chi connectivity index (χ0) is 14.7. The Hall–Kier alpha value is -1.94. The molecule has 0 fully saturated rings. The van der Waals surface area contributed by atoms with Gasteiger partial charge in [-0.3, -0.25) is 0 Å². The molecule has 0 radical (unpaired) electrons. The number of fused-ring (bicyclic) bond motifs is 3. The first kappa shape index (κ1) is 14.0. The topological polar surface area (TPSA) is 41.0 Å². The van der Waals surface area contributed by atoms with Crippen LogP contribution >= 0.6 is 0 Å². The molecule has 3 rings (SSSR count). The molecule has 1 aliphatic rings. The van der Waals surface area contributed by atoms with Gasteiger partial charge in [-0.15, -0.1) is 10.2 Å². The van der Waals surface area contributed by atoms with Crippen LogP contribution in [0.4, 0.5) is 5.82 Å². The lowest BCUT2D eigenvalue weighted by Gasteiger charge is -2.12. The molecule has 0 amide bonds. The van der Waals surface area contributed by atoms with E-state index in [0.717, 1.165) is 37.4 Å². The molecule has 1 N–H and O–H groups in total. The molecule has 110 valence electrons. The maximum atomic E-state index is 4.49. The van der Waals surface area contributed by atoms with Gasteiger partial charge in [0.05, 0.1) is 5.69 Å². The average molecular weight is 282 g/mol. The molecule has 4 nitrogen and oxygen atoms in total. The zero-order valence-corrected chi connectivity index (χ0v) is 12.8. The predicted molar refractivity (Wildman–Crippen MR) is 86.5 cm³/mol. The van der Waals surface area contributed by atoms with E-state index in [2.05, 4.69) is 64.8 Å². The fourth-order valence-electron chi connectivity index (χ4n) is 2.78. The Bertz CT molecular complexity index is 622. The van der Waals surface area contributed by atoms with E-state index >= 15 is 0 Å². The van der Waals surface area contributed by atoms with Gasteiger partial charge in [0, 0.05) is 18.7 Å². The fourth-order valence-corrected chi connectivity index (χ4v) is 2.78. The van der Waals surface area contributed by atoms with Crippen molar-refractivity contribution >= 4 is 5.82 Å². The first-order chi connectivity index (χ1) is 10.2. The second-order valence-electron chi connectivity index (χ2n) is 5.84. The number of hydrogen-bond acceptors (Lipinski definition) is 4. The normalized spacial score (nSPS) is 13.5. The quantitative estimate of drug-likeness (QED) is 0.936. The summed E-state index contributed by atoms with van der Waals surface area (Å²) >= 11 is 0. The summed E-state index contributed by atoms with van der Waals surface area (Å²) in [7, 11) is 4.14. The number of benzene rings is 1. The van der Waals surface area contributed by atoms with Gasteiger partial charge in [0.25, 0.3) is 0 Å². The third-order valence-electron chi connectivity index (χ3n) is 3.90. The fraction of sp³-hybridized carbons (Fsp3) is 0.412. The maximum Gasteiger partial charge on any atom is 0.149 e. The van der Waals surface area contributed by atoms with Crippen LogP contribution in [0.3, 0.4) is 0 Å². The molecule has 1 aromatic heterocycles. The van der Waals surface area contributed by atoms with E-state index < -0.39 is 0 Å². The van der Waals surface area contributed by atoms with Crippen LogP contribution in [-0.2, 0) is 12.8 Å². The van der Waals surface area contributed by atoms with Crippen molar-refractivity contribution in [3.8, 4) is 11.3 Å². The monoisotopic (exact) mass is 282 g/mol. The molecule has 21 heavy (non-hydrogen) atoms. The lowest BCUT2D eigenvalue weighted by Crippen LogP contribution is -2.21. The molecular weight excluding hydrogens is 260 g/mol. The summed E-state index contributed by atoms with van der Waals surface area (Å²) in [6.07, 6.45) is 3.37. The van der Waals surface area contributed by atoms with Crippen LogP contribution in [0.1, 0.15) is 17.5 Å². The van der Waals surface area contributed by atoms with Gasteiger partial charge >= 0.3 is 0 Å². The van der Waals surface area contributed by atoms with Crippen molar-refractivity contribution in [3.05, 3.63) is 41.5 Å². The smallest absolute Gasteiger partial charge is 0.149 e. The van der Waals surface area contributed by atoms with Crippen LogP contribution in [0.2, 0.25) is 0 Å². The van der Waals surface area contributed by atoms with Gasteiger partial charge < -0.3 is 10.2 Å². The summed E-state index contributed by atoms with van der Waals surface area (Å²) < 4.78 is 0. The van der Waals surface area contributed by atoms with Crippen LogP contribution in [-0.4, -0.2) is 42.3 Å². The van der Waals surface area contributed by atoms with Crippen LogP contribution < -0.4 is 5.32 Å². The molecule has 2 aromatic rings. The second-order valence-corrected chi connectivity index (χ2v) is 5.84. The molecule has 1 heterocycles. The van der Waals surface area contributed by atoms with E-state index in [0.29, 0.717) is 0 Å². The summed E-state index contributed by atoms with van der Waals surface area (Å²) in [4.78, 5) is 2.15. The number of anilines is 1. The van der Waals surface area contributed by atoms with Gasteiger partial charge in [0.15, 0.2) is 0 Å². The van der Waals surface area contributed by atoms with Gasteiger partial charge in [-0.2, -0.15) is 0 Å². The van der Waals surface area contributed by atoms with E-state index in [1.165, 1.54) is 23.1 Å². The molecule has 1 aliphatic carbocycles. The van der Waals surface area contributed by atoms with Crippen molar-refractivity contribution in [3.63, 3.8) is 0 Å². The number of rotatable bonds is 4. The van der Waals surface area contributed by atoms with Crippen molar-refractivity contribution in [1.29, 1.82) is 0 Å². The summed E-state index contributed by atoms with van der Waals surface area (Å²) in [5, 5.41) is 12.2. The zero-order valence-electron chi connectivity index (χ0n) is 12.8. The molecule has 0 spiro atoms. The van der Waals surface area contributed by atoms with Gasteiger partial charge in [-0.25, -0.2) is 0 Å². The molecule has 4 heteroatoms. The summed E-state index contributed by atoms with van der Waals surface area (Å²) in [6, 6.07) is 10.7. The number of aromatic nitrogens is 2. The standard InChI is InChI=1S/C17H22N4/c1-21(2)11-10-18-16-12-14-8-5-7-13-6-3-4-9-15(13)17(14)20-19-16/h3-4,6,9,12H,5,7-8,10-11H2,1-2H3,(H,18,19). The number of nitrogens with zero attached hydrogens (tertiary/aromatic N) is 3. The highest BCUT2D eigenvalue weighted by atomic mass is 15.2. The number of likely N-dealkylation sites (N-methyl/N-ethyl adjacent to an activating group) is 1. The van der Waals surface area contributed by atoms with Crippen molar-refractivity contribution in [2.75, 3.05) is 32.5 Å². The van der Waals surface area contributed by atoms with Crippen LogP contribution in [0, 0.1) is 0 Å². The van der Waals surface area contributed by atoms with Gasteiger partial charge in [0.2, 0.25) is 0 Å². The SMILES string of the molecule is CN(C)CCNc1cc2c(nn1)-c1ccccc1CCC2. The Kier molecular flexibility index (Phi) is 4.15. The molecule has 0 unspecified atom stereocenters. The van der Waals surface area contributed by atoms with E-state index in [-0.39, 0.29) is 0 Å². The number of hydrogen-bond donors (Lipinski definition) is 1. The average Bonchev–Trinajstić information content (AvgIpc) is 2.66. The predicted octanol–water partition coefficient (Wildman–Crippen LogP) is 2.61. The lowest BCUT2D eigenvalue weighted by molar-refractivity contribution is 0.425. The van der Waals surface area contributed by atoms with E-state index in [1.807, 2.05) is 0 Å². The Labute approximate surface area is 126 Å². The van der Waals surface area contributed by atoms with Crippen LogP contribution in [0.15, 0.2) is 30.3 Å². The highest BCUT2D eigenvalue weighted by Crippen LogP contribution is 2.31. The van der Waals surface area contributed by atoms with Crippen molar-refractivity contribution in [2.24, 2.45) is 0 Å². The summed E-state index contributed by atoms with van der Waals surface area (Å²) in [5.41, 5.74) is 5.00.